The predicted molar refractivity (Wildman–Crippen MR) is 54.7 cm³/mol. The normalized spacial score (nSPS) is 15.5. The molecule has 0 aromatic rings. The second-order valence-electron chi connectivity index (χ2n) is 3.02. The molecule has 15 heavy (non-hydrogen) atoms. The lowest BCUT2D eigenvalue weighted by atomic mass is 10.3. The summed E-state index contributed by atoms with van der Waals surface area (Å²) < 4.78 is 0. The molecule has 6 nitrogen and oxygen atoms in total. The lowest BCUT2D eigenvalue weighted by Crippen LogP contribution is -2.33. The Morgan fingerprint density at radius 3 is 2.80 bits per heavy atom. The fraction of sp³-hybridized carbons (Fsp3) is 0.625. The van der Waals surface area contributed by atoms with Crippen LogP contribution in [0.5, 0.6) is 0 Å². The van der Waals surface area contributed by atoms with E-state index in [2.05, 4.69) is 5.32 Å². The van der Waals surface area contributed by atoms with E-state index in [4.69, 9.17) is 5.11 Å². The Bertz CT molecular complexity index is 282. The Kier molecular flexibility index (Phi) is 4.41. The second kappa shape index (κ2) is 5.59. The average Bonchev–Trinajstić information content (AvgIpc) is 2.58. The summed E-state index contributed by atoms with van der Waals surface area (Å²) in [6.07, 6.45) is 0.152. The van der Waals surface area contributed by atoms with Crippen LogP contribution >= 0.6 is 11.8 Å². The lowest BCUT2D eigenvalue weighted by Gasteiger charge is -2.13. The van der Waals surface area contributed by atoms with Crippen LogP contribution in [-0.4, -0.2) is 52.5 Å². The predicted octanol–water partition coefficient (Wildman–Crippen LogP) is -0.254. The number of carbonyl (C=O) groups is 3. The summed E-state index contributed by atoms with van der Waals surface area (Å²) in [7, 11) is 0. The third kappa shape index (κ3) is 4.20. The minimum absolute atomic E-state index is 0.0129. The summed E-state index contributed by atoms with van der Waals surface area (Å²) in [5, 5.41) is 10.5. The molecule has 1 saturated heterocycles. The molecule has 1 aliphatic heterocycles. The third-order valence-electron chi connectivity index (χ3n) is 1.89. The minimum Gasteiger partial charge on any atom is -0.480 e. The Balaban J connectivity index is 2.16. The van der Waals surface area contributed by atoms with Crippen LogP contribution in [0.2, 0.25) is 0 Å². The molecule has 0 spiro atoms. The Morgan fingerprint density at radius 2 is 2.27 bits per heavy atom. The summed E-state index contributed by atoms with van der Waals surface area (Å²) >= 11 is 1.24. The highest BCUT2D eigenvalue weighted by Crippen LogP contribution is 2.16. The first-order valence-electron chi connectivity index (χ1n) is 4.50. The first-order valence-corrected chi connectivity index (χ1v) is 5.48. The van der Waals surface area contributed by atoms with Gasteiger partial charge in [0.2, 0.25) is 5.91 Å². The first kappa shape index (κ1) is 11.8. The van der Waals surface area contributed by atoms with E-state index in [1.807, 2.05) is 0 Å². The summed E-state index contributed by atoms with van der Waals surface area (Å²) in [5.74, 6) is -0.659. The molecule has 2 amide bonds. The van der Waals surface area contributed by atoms with Crippen molar-refractivity contribution in [1.82, 2.24) is 10.2 Å². The van der Waals surface area contributed by atoms with Crippen molar-refractivity contribution in [1.29, 1.82) is 0 Å². The summed E-state index contributed by atoms with van der Waals surface area (Å²) in [4.78, 5) is 33.9. The van der Waals surface area contributed by atoms with Crippen molar-refractivity contribution in [2.45, 2.75) is 6.42 Å². The molecular formula is C8H12N2O4S. The van der Waals surface area contributed by atoms with Crippen molar-refractivity contribution < 1.29 is 19.5 Å². The maximum absolute atomic E-state index is 11.1. The number of rotatable bonds is 5. The number of carboxylic acids is 1. The number of nitrogens with zero attached hydrogens (tertiary/aromatic N) is 1. The van der Waals surface area contributed by atoms with Gasteiger partial charge in [0.15, 0.2) is 0 Å². The van der Waals surface area contributed by atoms with Crippen molar-refractivity contribution in [2.24, 2.45) is 0 Å². The van der Waals surface area contributed by atoms with Gasteiger partial charge in [0, 0.05) is 25.3 Å². The average molecular weight is 232 g/mol. The molecule has 0 atom stereocenters. The molecule has 0 bridgehead atoms. The third-order valence-corrected chi connectivity index (χ3v) is 2.78. The zero-order valence-electron chi connectivity index (χ0n) is 8.06. The quantitative estimate of drug-likeness (QED) is 0.682. The molecule has 1 rings (SSSR count). The van der Waals surface area contributed by atoms with Crippen LogP contribution in [0.3, 0.4) is 0 Å². The zero-order chi connectivity index (χ0) is 11.3. The van der Waals surface area contributed by atoms with E-state index in [9.17, 15) is 14.4 Å². The number of amides is 2. The maximum Gasteiger partial charge on any atom is 0.322 e. The molecule has 0 radical (unpaired) electrons. The van der Waals surface area contributed by atoms with Gasteiger partial charge in [0.25, 0.3) is 5.24 Å². The van der Waals surface area contributed by atoms with Crippen molar-refractivity contribution in [3.8, 4) is 0 Å². The van der Waals surface area contributed by atoms with Gasteiger partial charge in [-0.25, -0.2) is 0 Å². The van der Waals surface area contributed by atoms with Crippen molar-refractivity contribution in [2.75, 3.05) is 25.4 Å². The monoisotopic (exact) mass is 232 g/mol. The minimum atomic E-state index is -1.07. The van der Waals surface area contributed by atoms with Gasteiger partial charge < -0.3 is 15.3 Å². The number of aliphatic carboxylic acids is 1. The first-order chi connectivity index (χ1) is 7.09. The summed E-state index contributed by atoms with van der Waals surface area (Å²) in [5.41, 5.74) is 0. The van der Waals surface area contributed by atoms with Gasteiger partial charge in [-0.15, -0.1) is 0 Å². The number of thioether (sulfide) groups is 1. The van der Waals surface area contributed by atoms with Crippen molar-refractivity contribution >= 4 is 28.9 Å². The molecule has 84 valence electrons. The number of carbonyl (C=O) groups excluding carboxylic acids is 2. The SMILES string of the molecule is O=C(O)CNC(=O)CCN1CCSC1=O. The molecule has 0 saturated carbocycles. The highest BCUT2D eigenvalue weighted by Gasteiger charge is 2.21. The molecule has 0 aromatic heterocycles. The number of hydrogen-bond acceptors (Lipinski definition) is 4. The van der Waals surface area contributed by atoms with Crippen LogP contribution in [0, 0.1) is 0 Å². The van der Waals surface area contributed by atoms with E-state index < -0.39 is 5.97 Å². The van der Waals surface area contributed by atoms with Gasteiger partial charge in [-0.2, -0.15) is 0 Å². The molecule has 0 unspecified atom stereocenters. The van der Waals surface area contributed by atoms with E-state index >= 15 is 0 Å². The van der Waals surface area contributed by atoms with Crippen LogP contribution in [-0.2, 0) is 9.59 Å². The number of hydrogen-bond donors (Lipinski definition) is 2. The smallest absolute Gasteiger partial charge is 0.322 e. The standard InChI is InChI=1S/C8H12N2O4S/c11-6(9-5-7(12)13)1-2-10-3-4-15-8(10)14/h1-5H2,(H,9,11)(H,12,13). The van der Waals surface area contributed by atoms with Gasteiger partial charge >= 0.3 is 5.97 Å². The van der Waals surface area contributed by atoms with E-state index in [-0.39, 0.29) is 24.1 Å². The fourth-order valence-electron chi connectivity index (χ4n) is 1.13. The van der Waals surface area contributed by atoms with Gasteiger partial charge in [-0.1, -0.05) is 11.8 Å². The van der Waals surface area contributed by atoms with Crippen LogP contribution in [0.25, 0.3) is 0 Å². The topological polar surface area (TPSA) is 86.7 Å². The molecule has 1 heterocycles. The number of nitrogens with one attached hydrogen (secondary N) is 1. The Hall–Kier alpha value is -1.24. The highest BCUT2D eigenvalue weighted by atomic mass is 32.2. The molecule has 1 aliphatic rings. The van der Waals surface area contributed by atoms with Crippen LogP contribution in [0.1, 0.15) is 6.42 Å². The molecule has 0 aliphatic carbocycles. The van der Waals surface area contributed by atoms with Gasteiger partial charge in [0.1, 0.15) is 6.54 Å². The van der Waals surface area contributed by atoms with E-state index in [0.717, 1.165) is 5.75 Å². The van der Waals surface area contributed by atoms with Crippen molar-refractivity contribution in [3.05, 3.63) is 0 Å². The maximum atomic E-state index is 11.1. The van der Waals surface area contributed by atoms with Crippen molar-refractivity contribution in [3.63, 3.8) is 0 Å². The lowest BCUT2D eigenvalue weighted by molar-refractivity contribution is -0.137. The van der Waals surface area contributed by atoms with Crippen LogP contribution in [0.4, 0.5) is 4.79 Å². The van der Waals surface area contributed by atoms with Crippen LogP contribution < -0.4 is 5.32 Å². The van der Waals surface area contributed by atoms with Gasteiger partial charge in [-0.05, 0) is 0 Å². The molecular weight excluding hydrogens is 220 g/mol. The summed E-state index contributed by atoms with van der Waals surface area (Å²) in [6, 6.07) is 0. The molecule has 7 heteroatoms. The van der Waals surface area contributed by atoms with Gasteiger partial charge in [-0.3, -0.25) is 14.4 Å². The fourth-order valence-corrected chi connectivity index (χ4v) is 1.98. The largest absolute Gasteiger partial charge is 0.480 e. The Labute approximate surface area is 91.0 Å². The Morgan fingerprint density at radius 1 is 1.53 bits per heavy atom. The van der Waals surface area contributed by atoms with E-state index in [1.165, 1.54) is 11.8 Å². The molecule has 1 fully saturated rings. The second-order valence-corrected chi connectivity index (χ2v) is 4.07. The van der Waals surface area contributed by atoms with Crippen LogP contribution in [0.15, 0.2) is 0 Å². The summed E-state index contributed by atoms with van der Waals surface area (Å²) in [6.45, 7) is 0.647. The van der Waals surface area contributed by atoms with Gasteiger partial charge in [0.05, 0.1) is 0 Å². The molecule has 0 aromatic carbocycles. The number of carboxylic acid groups (broad SMARTS) is 1. The highest BCUT2D eigenvalue weighted by molar-refractivity contribution is 8.13. The molecule has 2 N–H and O–H groups in total. The van der Waals surface area contributed by atoms with E-state index in [0.29, 0.717) is 13.1 Å². The van der Waals surface area contributed by atoms with E-state index in [1.54, 1.807) is 4.90 Å². The zero-order valence-corrected chi connectivity index (χ0v) is 8.88.